The summed E-state index contributed by atoms with van der Waals surface area (Å²) in [6.07, 6.45) is 0.510. The van der Waals surface area contributed by atoms with Crippen LogP contribution in [0.1, 0.15) is 30.5 Å². The van der Waals surface area contributed by atoms with Gasteiger partial charge < -0.3 is 15.4 Å². The van der Waals surface area contributed by atoms with Crippen molar-refractivity contribution in [2.75, 3.05) is 20.1 Å². The van der Waals surface area contributed by atoms with Crippen molar-refractivity contribution in [3.05, 3.63) is 71.0 Å². The fraction of sp³-hybridized carbons (Fsp3) is 0.435. The number of benzene rings is 2. The Bertz CT molecular complexity index is 816. The van der Waals surface area contributed by atoms with Crippen molar-refractivity contribution >= 4 is 5.96 Å². The Labute approximate surface area is 173 Å². The average molecular weight is 399 g/mol. The van der Waals surface area contributed by atoms with Crippen LogP contribution in [0.25, 0.3) is 0 Å². The molecule has 1 saturated heterocycles. The molecule has 0 bridgehead atoms. The standard InChI is InChI=1S/C23H31FN4O/c1-17-14-28(15-18(2)29-17)16-21-10-5-4-8-19(21)12-26-23(25-3)27-13-20-9-6-7-11-22(20)24/h4-11,17-18H,12-16H2,1-3H3,(H2,25,26,27). The minimum Gasteiger partial charge on any atom is -0.373 e. The van der Waals surface area contributed by atoms with Gasteiger partial charge in [-0.15, -0.1) is 0 Å². The van der Waals surface area contributed by atoms with Crippen molar-refractivity contribution < 1.29 is 9.13 Å². The Hall–Kier alpha value is -2.44. The van der Waals surface area contributed by atoms with Gasteiger partial charge in [0.05, 0.1) is 12.2 Å². The first-order valence-corrected chi connectivity index (χ1v) is 10.2. The van der Waals surface area contributed by atoms with Gasteiger partial charge >= 0.3 is 0 Å². The molecule has 0 aliphatic carbocycles. The van der Waals surface area contributed by atoms with Crippen molar-refractivity contribution in [3.63, 3.8) is 0 Å². The number of ether oxygens (including phenoxy) is 1. The van der Waals surface area contributed by atoms with E-state index in [0.717, 1.165) is 19.6 Å². The maximum absolute atomic E-state index is 13.8. The molecule has 1 heterocycles. The summed E-state index contributed by atoms with van der Waals surface area (Å²) in [5.74, 6) is 0.437. The van der Waals surface area contributed by atoms with Crippen LogP contribution in [0.4, 0.5) is 4.39 Å². The number of nitrogens with zero attached hydrogens (tertiary/aromatic N) is 2. The zero-order chi connectivity index (χ0) is 20.6. The summed E-state index contributed by atoms with van der Waals surface area (Å²) in [4.78, 5) is 6.71. The average Bonchev–Trinajstić information content (AvgIpc) is 2.69. The van der Waals surface area contributed by atoms with E-state index < -0.39 is 0 Å². The Balaban J connectivity index is 1.57. The first-order valence-electron chi connectivity index (χ1n) is 10.2. The van der Waals surface area contributed by atoms with E-state index in [-0.39, 0.29) is 18.0 Å². The molecule has 156 valence electrons. The summed E-state index contributed by atoms with van der Waals surface area (Å²) in [5.41, 5.74) is 3.14. The molecule has 3 rings (SSSR count). The Morgan fingerprint density at radius 2 is 1.52 bits per heavy atom. The van der Waals surface area contributed by atoms with Crippen LogP contribution in [0.2, 0.25) is 0 Å². The second-order valence-corrected chi connectivity index (χ2v) is 7.59. The monoisotopic (exact) mass is 398 g/mol. The molecule has 1 aliphatic rings. The number of rotatable bonds is 6. The minimum atomic E-state index is -0.213. The Kier molecular flexibility index (Phi) is 7.61. The largest absolute Gasteiger partial charge is 0.373 e. The van der Waals surface area contributed by atoms with E-state index in [1.807, 2.05) is 6.07 Å². The molecule has 0 spiro atoms. The third kappa shape index (κ3) is 6.27. The molecule has 0 saturated carbocycles. The summed E-state index contributed by atoms with van der Waals surface area (Å²) < 4.78 is 19.7. The third-order valence-corrected chi connectivity index (χ3v) is 5.08. The smallest absolute Gasteiger partial charge is 0.191 e. The van der Waals surface area contributed by atoms with Crippen molar-refractivity contribution in [3.8, 4) is 0 Å². The molecule has 2 aromatic rings. The number of hydrogen-bond donors (Lipinski definition) is 2. The van der Waals surface area contributed by atoms with Gasteiger partial charge in [0.15, 0.2) is 5.96 Å². The Morgan fingerprint density at radius 1 is 0.966 bits per heavy atom. The molecule has 29 heavy (non-hydrogen) atoms. The number of nitrogens with one attached hydrogen (secondary N) is 2. The summed E-state index contributed by atoms with van der Waals surface area (Å²) in [6, 6.07) is 15.2. The molecule has 0 radical (unpaired) electrons. The SMILES string of the molecule is CN=C(NCc1ccccc1F)NCc1ccccc1CN1CC(C)OC(C)C1. The summed E-state index contributed by atoms with van der Waals surface area (Å²) >= 11 is 0. The summed E-state index contributed by atoms with van der Waals surface area (Å²) in [7, 11) is 1.72. The molecule has 2 atom stereocenters. The lowest BCUT2D eigenvalue weighted by Crippen LogP contribution is -2.45. The van der Waals surface area contributed by atoms with Crippen LogP contribution in [-0.2, 0) is 24.4 Å². The number of hydrogen-bond acceptors (Lipinski definition) is 3. The summed E-state index contributed by atoms with van der Waals surface area (Å²) in [5, 5.41) is 6.53. The fourth-order valence-corrected chi connectivity index (χ4v) is 3.76. The maximum atomic E-state index is 13.8. The molecule has 2 unspecified atom stereocenters. The lowest BCUT2D eigenvalue weighted by Gasteiger charge is -2.35. The van der Waals surface area contributed by atoms with E-state index in [1.165, 1.54) is 17.2 Å². The van der Waals surface area contributed by atoms with Crippen LogP contribution in [0.3, 0.4) is 0 Å². The highest BCUT2D eigenvalue weighted by Crippen LogP contribution is 2.17. The zero-order valence-corrected chi connectivity index (χ0v) is 17.5. The van der Waals surface area contributed by atoms with Gasteiger partial charge in [0, 0.05) is 45.3 Å². The molecule has 0 amide bonds. The van der Waals surface area contributed by atoms with E-state index in [0.29, 0.717) is 24.6 Å². The molecule has 0 aromatic heterocycles. The van der Waals surface area contributed by atoms with Gasteiger partial charge in [0.1, 0.15) is 5.82 Å². The molecular formula is C23H31FN4O. The highest BCUT2D eigenvalue weighted by Gasteiger charge is 2.22. The topological polar surface area (TPSA) is 48.9 Å². The van der Waals surface area contributed by atoms with E-state index in [9.17, 15) is 4.39 Å². The van der Waals surface area contributed by atoms with Crippen molar-refractivity contribution in [1.29, 1.82) is 0 Å². The maximum Gasteiger partial charge on any atom is 0.191 e. The van der Waals surface area contributed by atoms with Gasteiger partial charge in [0.25, 0.3) is 0 Å². The van der Waals surface area contributed by atoms with Crippen LogP contribution in [0, 0.1) is 5.82 Å². The molecular weight excluding hydrogens is 367 g/mol. The van der Waals surface area contributed by atoms with Crippen molar-refractivity contribution in [2.24, 2.45) is 4.99 Å². The molecule has 1 fully saturated rings. The van der Waals surface area contributed by atoms with Gasteiger partial charge in [-0.25, -0.2) is 4.39 Å². The normalized spacial score (nSPS) is 20.5. The highest BCUT2D eigenvalue weighted by molar-refractivity contribution is 5.79. The second-order valence-electron chi connectivity index (χ2n) is 7.59. The second kappa shape index (κ2) is 10.4. The Morgan fingerprint density at radius 3 is 2.14 bits per heavy atom. The zero-order valence-electron chi connectivity index (χ0n) is 17.5. The predicted octanol–water partition coefficient (Wildman–Crippen LogP) is 3.30. The van der Waals surface area contributed by atoms with Gasteiger partial charge in [-0.3, -0.25) is 9.89 Å². The fourth-order valence-electron chi connectivity index (χ4n) is 3.76. The van der Waals surface area contributed by atoms with Gasteiger partial charge in [-0.05, 0) is 31.0 Å². The lowest BCUT2D eigenvalue weighted by atomic mass is 10.1. The van der Waals surface area contributed by atoms with Crippen LogP contribution >= 0.6 is 0 Å². The predicted molar refractivity (Wildman–Crippen MR) is 115 cm³/mol. The van der Waals surface area contributed by atoms with Gasteiger partial charge in [0.2, 0.25) is 0 Å². The van der Waals surface area contributed by atoms with Crippen LogP contribution in [0.5, 0.6) is 0 Å². The van der Waals surface area contributed by atoms with Crippen molar-refractivity contribution in [2.45, 2.75) is 45.7 Å². The number of guanidine groups is 1. The van der Waals surface area contributed by atoms with Crippen LogP contribution in [-0.4, -0.2) is 43.2 Å². The first kappa shape index (κ1) is 21.3. The third-order valence-electron chi connectivity index (χ3n) is 5.08. The quantitative estimate of drug-likeness (QED) is 0.579. The molecule has 6 heteroatoms. The van der Waals surface area contributed by atoms with E-state index in [4.69, 9.17) is 4.74 Å². The number of halogens is 1. The first-order chi connectivity index (χ1) is 14.0. The minimum absolute atomic E-state index is 0.213. The summed E-state index contributed by atoms with van der Waals surface area (Å²) in [6.45, 7) is 8.08. The highest BCUT2D eigenvalue weighted by atomic mass is 19.1. The lowest BCUT2D eigenvalue weighted by molar-refractivity contribution is -0.0705. The van der Waals surface area contributed by atoms with Crippen LogP contribution in [0.15, 0.2) is 53.5 Å². The van der Waals surface area contributed by atoms with Crippen LogP contribution < -0.4 is 10.6 Å². The molecule has 5 nitrogen and oxygen atoms in total. The van der Waals surface area contributed by atoms with Crippen molar-refractivity contribution in [1.82, 2.24) is 15.5 Å². The number of aliphatic imine (C=N–C) groups is 1. The molecule has 2 N–H and O–H groups in total. The van der Waals surface area contributed by atoms with E-state index >= 15 is 0 Å². The van der Waals surface area contributed by atoms with E-state index in [2.05, 4.69) is 58.6 Å². The van der Waals surface area contributed by atoms with Gasteiger partial charge in [-0.1, -0.05) is 42.5 Å². The number of morpholine rings is 1. The molecule has 1 aliphatic heterocycles. The molecule has 2 aromatic carbocycles. The van der Waals surface area contributed by atoms with Gasteiger partial charge in [-0.2, -0.15) is 0 Å². The van der Waals surface area contributed by atoms with E-state index in [1.54, 1.807) is 19.2 Å².